The van der Waals surface area contributed by atoms with E-state index in [2.05, 4.69) is 10.4 Å². The second-order valence-corrected chi connectivity index (χ2v) is 8.08. The van der Waals surface area contributed by atoms with Crippen molar-refractivity contribution in [3.05, 3.63) is 110 Å². The Hall–Kier alpha value is -3.70. The first kappa shape index (κ1) is 21.5. The van der Waals surface area contributed by atoms with E-state index < -0.39 is 0 Å². The van der Waals surface area contributed by atoms with Crippen LogP contribution in [-0.2, 0) is 0 Å². The highest BCUT2D eigenvalue weighted by atomic mass is 35.5. The molecule has 160 valence electrons. The van der Waals surface area contributed by atoms with Crippen molar-refractivity contribution in [3.63, 3.8) is 0 Å². The third-order valence-corrected chi connectivity index (χ3v) is 5.64. The molecular weight excluding hydrogens is 422 g/mol. The molecule has 0 radical (unpaired) electrons. The Morgan fingerprint density at radius 2 is 1.59 bits per heavy atom. The fourth-order valence-corrected chi connectivity index (χ4v) is 3.58. The van der Waals surface area contributed by atoms with Gasteiger partial charge in [-0.05, 0) is 73.9 Å². The average molecular weight is 444 g/mol. The van der Waals surface area contributed by atoms with Crippen LogP contribution in [0.3, 0.4) is 0 Å². The van der Waals surface area contributed by atoms with Crippen molar-refractivity contribution in [2.75, 3.05) is 5.32 Å². The Morgan fingerprint density at radius 3 is 2.25 bits per heavy atom. The third kappa shape index (κ3) is 4.20. The summed E-state index contributed by atoms with van der Waals surface area (Å²) in [5, 5.41) is 8.00. The standard InChI is InChI=1S/C26H22ClN3O2/c1-16-9-14-22(15-17(16)2)30-25(28-26(32)20-10-12-21(27)13-11-20)23(24(31)18(3)29-30)19-7-5-4-6-8-19/h4-15H,1-3H3,(H,28,32). The highest BCUT2D eigenvalue weighted by Gasteiger charge is 2.21. The molecule has 0 aliphatic carbocycles. The molecule has 32 heavy (non-hydrogen) atoms. The van der Waals surface area contributed by atoms with E-state index in [1.54, 1.807) is 35.9 Å². The van der Waals surface area contributed by atoms with Gasteiger partial charge in [-0.15, -0.1) is 0 Å². The van der Waals surface area contributed by atoms with Crippen LogP contribution >= 0.6 is 11.6 Å². The van der Waals surface area contributed by atoms with Crippen LogP contribution in [0, 0.1) is 20.8 Å². The van der Waals surface area contributed by atoms with Crippen molar-refractivity contribution in [1.29, 1.82) is 0 Å². The van der Waals surface area contributed by atoms with Crippen LogP contribution in [0.5, 0.6) is 0 Å². The maximum absolute atomic E-state index is 13.2. The number of benzene rings is 3. The van der Waals surface area contributed by atoms with Gasteiger partial charge in [-0.25, -0.2) is 4.68 Å². The predicted molar refractivity (Wildman–Crippen MR) is 129 cm³/mol. The Bertz CT molecular complexity index is 1360. The average Bonchev–Trinajstić information content (AvgIpc) is 2.79. The number of anilines is 1. The summed E-state index contributed by atoms with van der Waals surface area (Å²) in [5.41, 5.74) is 4.59. The number of aromatic nitrogens is 2. The van der Waals surface area contributed by atoms with Crippen molar-refractivity contribution >= 4 is 23.3 Å². The Balaban J connectivity index is 1.96. The number of aryl methyl sites for hydroxylation is 3. The lowest BCUT2D eigenvalue weighted by Gasteiger charge is -2.19. The minimum Gasteiger partial charge on any atom is -0.306 e. The van der Waals surface area contributed by atoms with Gasteiger partial charge in [0.2, 0.25) is 5.43 Å². The lowest BCUT2D eigenvalue weighted by molar-refractivity contribution is 0.102. The minimum absolute atomic E-state index is 0.234. The number of amides is 1. The molecule has 1 heterocycles. The lowest BCUT2D eigenvalue weighted by Crippen LogP contribution is -2.25. The summed E-state index contributed by atoms with van der Waals surface area (Å²) in [6, 6.07) is 21.8. The molecule has 0 saturated heterocycles. The summed E-state index contributed by atoms with van der Waals surface area (Å²) >= 11 is 5.97. The number of nitrogens with zero attached hydrogens (tertiary/aromatic N) is 2. The molecule has 0 aliphatic rings. The number of rotatable bonds is 4. The van der Waals surface area contributed by atoms with Gasteiger partial charge in [0.1, 0.15) is 11.5 Å². The van der Waals surface area contributed by atoms with E-state index in [0.29, 0.717) is 33.2 Å². The van der Waals surface area contributed by atoms with Gasteiger partial charge in [-0.2, -0.15) is 5.10 Å². The molecule has 3 aromatic carbocycles. The summed E-state index contributed by atoms with van der Waals surface area (Å²) in [6.45, 7) is 5.72. The minimum atomic E-state index is -0.360. The molecular formula is C26H22ClN3O2. The van der Waals surface area contributed by atoms with E-state index >= 15 is 0 Å². The van der Waals surface area contributed by atoms with Crippen molar-refractivity contribution in [3.8, 4) is 16.8 Å². The first-order valence-corrected chi connectivity index (χ1v) is 10.6. The van der Waals surface area contributed by atoms with Crippen LogP contribution in [0.15, 0.2) is 77.6 Å². The number of carbonyl (C=O) groups excluding carboxylic acids is 1. The molecule has 1 aromatic heterocycles. The summed E-state index contributed by atoms with van der Waals surface area (Å²) in [4.78, 5) is 26.3. The van der Waals surface area contributed by atoms with Crippen LogP contribution in [0.2, 0.25) is 5.02 Å². The van der Waals surface area contributed by atoms with E-state index in [9.17, 15) is 9.59 Å². The van der Waals surface area contributed by atoms with Crippen molar-refractivity contribution in [2.45, 2.75) is 20.8 Å². The van der Waals surface area contributed by atoms with E-state index in [4.69, 9.17) is 11.6 Å². The van der Waals surface area contributed by atoms with Crippen molar-refractivity contribution in [1.82, 2.24) is 9.78 Å². The fraction of sp³-hybridized carbons (Fsp3) is 0.115. The molecule has 6 heteroatoms. The summed E-state index contributed by atoms with van der Waals surface area (Å²) in [6.07, 6.45) is 0. The van der Waals surface area contributed by atoms with Gasteiger partial charge in [-0.3, -0.25) is 9.59 Å². The predicted octanol–water partition coefficient (Wildman–Crippen LogP) is 5.73. The lowest BCUT2D eigenvalue weighted by atomic mass is 10.0. The molecule has 1 N–H and O–H groups in total. The quantitative estimate of drug-likeness (QED) is 0.438. The second-order valence-electron chi connectivity index (χ2n) is 7.65. The van der Waals surface area contributed by atoms with E-state index in [0.717, 1.165) is 16.8 Å². The third-order valence-electron chi connectivity index (χ3n) is 5.39. The highest BCUT2D eigenvalue weighted by Crippen LogP contribution is 2.28. The molecule has 0 unspecified atom stereocenters. The van der Waals surface area contributed by atoms with Gasteiger partial charge in [0.25, 0.3) is 5.91 Å². The van der Waals surface area contributed by atoms with Gasteiger partial charge < -0.3 is 5.32 Å². The molecule has 0 aliphatic heterocycles. The van der Waals surface area contributed by atoms with Gasteiger partial charge in [0.15, 0.2) is 0 Å². The fourth-order valence-electron chi connectivity index (χ4n) is 3.45. The topological polar surface area (TPSA) is 64.0 Å². The Kier molecular flexibility index (Phi) is 5.93. The number of halogens is 1. The zero-order valence-electron chi connectivity index (χ0n) is 18.0. The monoisotopic (exact) mass is 443 g/mol. The maximum atomic E-state index is 13.2. The second kappa shape index (κ2) is 8.81. The molecule has 0 spiro atoms. The summed E-state index contributed by atoms with van der Waals surface area (Å²) < 4.78 is 1.62. The molecule has 5 nitrogen and oxygen atoms in total. The normalized spacial score (nSPS) is 10.8. The van der Waals surface area contributed by atoms with E-state index in [-0.39, 0.29) is 11.3 Å². The van der Waals surface area contributed by atoms with Crippen LogP contribution in [0.4, 0.5) is 5.82 Å². The molecule has 0 atom stereocenters. The molecule has 0 fully saturated rings. The SMILES string of the molecule is Cc1ccc(-n2nc(C)c(=O)c(-c3ccccc3)c2NC(=O)c2ccc(Cl)cc2)cc1C. The largest absolute Gasteiger partial charge is 0.306 e. The number of carbonyl (C=O) groups is 1. The Morgan fingerprint density at radius 1 is 0.906 bits per heavy atom. The summed E-state index contributed by atoms with van der Waals surface area (Å²) in [5.74, 6) is -0.0449. The van der Waals surface area contributed by atoms with Gasteiger partial charge in [0.05, 0.1) is 11.3 Å². The van der Waals surface area contributed by atoms with Crippen molar-refractivity contribution in [2.24, 2.45) is 0 Å². The van der Waals surface area contributed by atoms with E-state index in [1.807, 2.05) is 62.4 Å². The molecule has 4 rings (SSSR count). The number of hydrogen-bond acceptors (Lipinski definition) is 3. The van der Waals surface area contributed by atoms with Crippen LogP contribution < -0.4 is 10.7 Å². The molecule has 0 bridgehead atoms. The Labute approximate surface area is 191 Å². The zero-order chi connectivity index (χ0) is 22.8. The van der Waals surface area contributed by atoms with Crippen LogP contribution in [0.25, 0.3) is 16.8 Å². The van der Waals surface area contributed by atoms with Crippen LogP contribution in [-0.4, -0.2) is 15.7 Å². The zero-order valence-corrected chi connectivity index (χ0v) is 18.8. The van der Waals surface area contributed by atoms with Crippen LogP contribution in [0.1, 0.15) is 27.2 Å². The highest BCUT2D eigenvalue weighted by molar-refractivity contribution is 6.30. The number of hydrogen-bond donors (Lipinski definition) is 1. The first-order chi connectivity index (χ1) is 15.3. The van der Waals surface area contributed by atoms with Crippen molar-refractivity contribution < 1.29 is 4.79 Å². The van der Waals surface area contributed by atoms with Gasteiger partial charge in [-0.1, -0.05) is 48.0 Å². The molecule has 4 aromatic rings. The van der Waals surface area contributed by atoms with E-state index in [1.165, 1.54) is 0 Å². The van der Waals surface area contributed by atoms with Gasteiger partial charge in [0, 0.05) is 10.6 Å². The molecule has 1 amide bonds. The first-order valence-electron chi connectivity index (χ1n) is 10.2. The smallest absolute Gasteiger partial charge is 0.256 e. The summed E-state index contributed by atoms with van der Waals surface area (Å²) in [7, 11) is 0. The molecule has 0 saturated carbocycles. The van der Waals surface area contributed by atoms with Gasteiger partial charge >= 0.3 is 0 Å². The number of nitrogens with one attached hydrogen (secondary N) is 1. The maximum Gasteiger partial charge on any atom is 0.256 e.